The number of hydrogen-bond acceptors (Lipinski definition) is 7. The van der Waals surface area contributed by atoms with Gasteiger partial charge in [-0.3, -0.25) is 5.14 Å². The van der Waals surface area contributed by atoms with Crippen LogP contribution in [0.25, 0.3) is 0 Å². The summed E-state index contributed by atoms with van der Waals surface area (Å²) in [7, 11) is 0. The van der Waals surface area contributed by atoms with Crippen LogP contribution in [0.2, 0.25) is 0 Å². The van der Waals surface area contributed by atoms with E-state index >= 15 is 0 Å². The van der Waals surface area contributed by atoms with E-state index < -0.39 is 0 Å². The number of aliphatic hydroxyl groups is 1. The molecule has 0 bridgehead atoms. The summed E-state index contributed by atoms with van der Waals surface area (Å²) in [6.07, 6.45) is 1.67. The highest BCUT2D eigenvalue weighted by atomic mass is 79.9. The molecule has 0 aliphatic rings. The zero-order valence-corrected chi connectivity index (χ0v) is 16.2. The van der Waals surface area contributed by atoms with Crippen LogP contribution >= 0.6 is 27.9 Å². The summed E-state index contributed by atoms with van der Waals surface area (Å²) in [6, 6.07) is 17.1. The highest BCUT2D eigenvalue weighted by Crippen LogP contribution is 2.26. The zero-order valence-electron chi connectivity index (χ0n) is 13.8. The van der Waals surface area contributed by atoms with Crippen LogP contribution in [0, 0.1) is 0 Å². The second kappa shape index (κ2) is 9.00. The third-order valence-corrected chi connectivity index (χ3v) is 4.81. The Kier molecular flexibility index (Phi) is 6.45. The first kappa shape index (κ1) is 18.7. The summed E-state index contributed by atoms with van der Waals surface area (Å²) in [5.74, 6) is 1.05. The molecule has 1 heterocycles. The minimum atomic E-state index is -0.267. The highest BCUT2D eigenvalue weighted by Gasteiger charge is 2.13. The fraction of sp³-hybridized carbons (Fsp3) is 0.111. The first-order chi connectivity index (χ1) is 12.7. The standard InChI is InChI=1S/C18H18BrN5OS/c19-15-10-21-18(22-13-6-8-14(26-20)9-7-13)24-17(15)23-16(11-25)12-4-2-1-3-5-12/h1-10,16,25H,11,20H2,(H2,21,22,23,24). The van der Waals surface area contributed by atoms with Crippen molar-refractivity contribution in [2.24, 2.45) is 5.14 Å². The molecule has 0 aliphatic heterocycles. The number of nitrogens with zero attached hydrogens (tertiary/aromatic N) is 2. The van der Waals surface area contributed by atoms with Crippen molar-refractivity contribution in [3.8, 4) is 0 Å². The Morgan fingerprint density at radius 3 is 2.50 bits per heavy atom. The maximum absolute atomic E-state index is 9.74. The molecule has 3 aromatic rings. The molecule has 3 rings (SSSR count). The first-order valence-corrected chi connectivity index (χ1v) is 9.55. The highest BCUT2D eigenvalue weighted by molar-refractivity contribution is 9.10. The molecule has 2 aromatic carbocycles. The number of nitrogens with one attached hydrogen (secondary N) is 2. The van der Waals surface area contributed by atoms with E-state index in [-0.39, 0.29) is 12.6 Å². The van der Waals surface area contributed by atoms with Crippen LogP contribution in [0.4, 0.5) is 17.5 Å². The lowest BCUT2D eigenvalue weighted by Gasteiger charge is -2.18. The fourth-order valence-electron chi connectivity index (χ4n) is 2.36. The molecule has 26 heavy (non-hydrogen) atoms. The van der Waals surface area contributed by atoms with Gasteiger partial charge in [-0.15, -0.1) is 0 Å². The van der Waals surface area contributed by atoms with Crippen LogP contribution in [-0.4, -0.2) is 21.7 Å². The van der Waals surface area contributed by atoms with Crippen molar-refractivity contribution >= 4 is 45.3 Å². The van der Waals surface area contributed by atoms with Crippen molar-refractivity contribution in [1.29, 1.82) is 0 Å². The normalized spacial score (nSPS) is 11.8. The Labute approximate surface area is 164 Å². The van der Waals surface area contributed by atoms with Crippen LogP contribution in [0.5, 0.6) is 0 Å². The maximum atomic E-state index is 9.74. The van der Waals surface area contributed by atoms with Crippen LogP contribution in [0.1, 0.15) is 11.6 Å². The van der Waals surface area contributed by atoms with Gasteiger partial charge >= 0.3 is 0 Å². The van der Waals surface area contributed by atoms with Crippen molar-refractivity contribution in [1.82, 2.24) is 9.97 Å². The predicted octanol–water partition coefficient (Wildman–Crippen LogP) is 4.09. The molecule has 1 unspecified atom stereocenters. The Balaban J connectivity index is 1.78. The van der Waals surface area contributed by atoms with E-state index in [2.05, 4.69) is 36.5 Å². The molecular weight excluding hydrogens is 414 g/mol. The third kappa shape index (κ3) is 4.73. The van der Waals surface area contributed by atoms with Crippen molar-refractivity contribution in [3.63, 3.8) is 0 Å². The van der Waals surface area contributed by atoms with Gasteiger partial charge in [0, 0.05) is 16.8 Å². The molecule has 0 amide bonds. The second-order valence-electron chi connectivity index (χ2n) is 5.45. The molecule has 134 valence electrons. The van der Waals surface area contributed by atoms with E-state index in [1.54, 1.807) is 6.20 Å². The maximum Gasteiger partial charge on any atom is 0.229 e. The molecule has 5 N–H and O–H groups in total. The van der Waals surface area contributed by atoms with Crippen molar-refractivity contribution in [2.45, 2.75) is 10.9 Å². The summed E-state index contributed by atoms with van der Waals surface area (Å²) < 4.78 is 0.715. The lowest BCUT2D eigenvalue weighted by Crippen LogP contribution is -2.16. The fourth-order valence-corrected chi connectivity index (χ4v) is 2.96. The average molecular weight is 432 g/mol. The van der Waals surface area contributed by atoms with Crippen LogP contribution in [0.3, 0.4) is 0 Å². The number of aliphatic hydroxyl groups excluding tert-OH is 1. The van der Waals surface area contributed by atoms with Crippen molar-refractivity contribution in [2.75, 3.05) is 17.2 Å². The first-order valence-electron chi connectivity index (χ1n) is 7.88. The van der Waals surface area contributed by atoms with E-state index in [9.17, 15) is 5.11 Å². The SMILES string of the molecule is NSc1ccc(Nc2ncc(Br)c(NC(CO)c3ccccc3)n2)cc1. The van der Waals surface area contributed by atoms with Gasteiger partial charge in [-0.1, -0.05) is 30.3 Å². The van der Waals surface area contributed by atoms with Gasteiger partial charge in [0.25, 0.3) is 0 Å². The summed E-state index contributed by atoms with van der Waals surface area (Å²) in [6.45, 7) is -0.0541. The van der Waals surface area contributed by atoms with Gasteiger partial charge in [-0.2, -0.15) is 4.98 Å². The van der Waals surface area contributed by atoms with Gasteiger partial charge < -0.3 is 15.7 Å². The van der Waals surface area contributed by atoms with E-state index in [0.29, 0.717) is 16.2 Å². The minimum Gasteiger partial charge on any atom is -0.394 e. The Morgan fingerprint density at radius 1 is 1.12 bits per heavy atom. The lowest BCUT2D eigenvalue weighted by atomic mass is 10.1. The number of aromatic nitrogens is 2. The molecule has 0 radical (unpaired) electrons. The Bertz CT molecular complexity index is 848. The number of nitrogens with two attached hydrogens (primary N) is 1. The van der Waals surface area contributed by atoms with Gasteiger partial charge in [0.1, 0.15) is 5.82 Å². The number of rotatable bonds is 7. The molecule has 0 aliphatic carbocycles. The van der Waals surface area contributed by atoms with E-state index in [4.69, 9.17) is 5.14 Å². The predicted molar refractivity (Wildman–Crippen MR) is 109 cm³/mol. The van der Waals surface area contributed by atoms with Crippen molar-refractivity contribution in [3.05, 3.63) is 70.8 Å². The average Bonchev–Trinajstić information content (AvgIpc) is 2.69. The van der Waals surface area contributed by atoms with E-state index in [1.807, 2.05) is 54.6 Å². The molecule has 0 fully saturated rings. The summed E-state index contributed by atoms with van der Waals surface area (Å²) >= 11 is 4.65. The van der Waals surface area contributed by atoms with Crippen molar-refractivity contribution < 1.29 is 5.11 Å². The number of anilines is 3. The topological polar surface area (TPSA) is 96.1 Å². The van der Waals surface area contributed by atoms with Gasteiger partial charge in [0.05, 0.1) is 17.1 Å². The Morgan fingerprint density at radius 2 is 1.85 bits per heavy atom. The lowest BCUT2D eigenvalue weighted by molar-refractivity contribution is 0.276. The van der Waals surface area contributed by atoms with Crippen LogP contribution in [0.15, 0.2) is 70.2 Å². The molecule has 0 saturated heterocycles. The molecule has 8 heteroatoms. The van der Waals surface area contributed by atoms with E-state index in [0.717, 1.165) is 16.1 Å². The van der Waals surface area contributed by atoms with Crippen LogP contribution < -0.4 is 15.8 Å². The molecule has 0 saturated carbocycles. The summed E-state index contributed by atoms with van der Waals surface area (Å²) in [5, 5.41) is 21.7. The molecule has 1 atom stereocenters. The third-order valence-electron chi connectivity index (χ3n) is 3.69. The molecular formula is C18H18BrN5OS. The Hall–Kier alpha value is -2.13. The largest absolute Gasteiger partial charge is 0.394 e. The number of halogens is 1. The van der Waals surface area contributed by atoms with Gasteiger partial charge in [0.2, 0.25) is 5.95 Å². The van der Waals surface area contributed by atoms with Gasteiger partial charge in [0.15, 0.2) is 0 Å². The monoisotopic (exact) mass is 431 g/mol. The summed E-state index contributed by atoms with van der Waals surface area (Å²) in [5.41, 5.74) is 1.84. The molecule has 6 nitrogen and oxygen atoms in total. The van der Waals surface area contributed by atoms with E-state index in [1.165, 1.54) is 11.9 Å². The minimum absolute atomic E-state index is 0.0541. The molecule has 0 spiro atoms. The number of hydrogen-bond donors (Lipinski definition) is 4. The zero-order chi connectivity index (χ0) is 18.4. The smallest absolute Gasteiger partial charge is 0.229 e. The molecule has 1 aromatic heterocycles. The summed E-state index contributed by atoms with van der Waals surface area (Å²) in [4.78, 5) is 9.76. The van der Waals surface area contributed by atoms with Gasteiger partial charge in [-0.05, 0) is 57.7 Å². The number of benzene rings is 2. The van der Waals surface area contributed by atoms with Crippen LogP contribution in [-0.2, 0) is 0 Å². The quantitative estimate of drug-likeness (QED) is 0.418. The van der Waals surface area contributed by atoms with Gasteiger partial charge in [-0.25, -0.2) is 4.98 Å². The second-order valence-corrected chi connectivity index (χ2v) is 7.01.